The maximum absolute atomic E-state index is 13.5. The standard InChI is InChI=1S/C25H18ClNO5/c1-32-25(31)22-21(16-8-5-9-17(12-16)24(29)30)20-13-18(26)10-11-19(20)23(28)27(22)14-15-6-3-2-4-7-15/h2-13H,14H2,1H3,(H,29,30). The maximum atomic E-state index is 13.5. The number of carboxylic acids is 1. The molecule has 6 nitrogen and oxygen atoms in total. The zero-order valence-electron chi connectivity index (χ0n) is 17.0. The quantitative estimate of drug-likeness (QED) is 0.442. The summed E-state index contributed by atoms with van der Waals surface area (Å²) >= 11 is 6.23. The molecule has 3 aromatic carbocycles. The van der Waals surface area contributed by atoms with Gasteiger partial charge in [-0.1, -0.05) is 54.1 Å². The van der Waals surface area contributed by atoms with Crippen molar-refractivity contribution in [3.63, 3.8) is 0 Å². The average molecular weight is 448 g/mol. The second kappa shape index (κ2) is 8.69. The summed E-state index contributed by atoms with van der Waals surface area (Å²) in [5.74, 6) is -1.82. The van der Waals surface area contributed by atoms with Gasteiger partial charge in [-0.15, -0.1) is 0 Å². The third-order valence-electron chi connectivity index (χ3n) is 5.19. The molecule has 7 heteroatoms. The molecule has 1 N–H and O–H groups in total. The minimum atomic E-state index is -1.11. The van der Waals surface area contributed by atoms with Crippen LogP contribution in [0, 0.1) is 0 Å². The van der Waals surface area contributed by atoms with Gasteiger partial charge >= 0.3 is 11.9 Å². The van der Waals surface area contributed by atoms with E-state index in [9.17, 15) is 19.5 Å². The summed E-state index contributed by atoms with van der Waals surface area (Å²) in [6.07, 6.45) is 0. The molecule has 0 atom stereocenters. The first-order valence-corrected chi connectivity index (χ1v) is 10.1. The number of nitrogens with zero attached hydrogens (tertiary/aromatic N) is 1. The van der Waals surface area contributed by atoms with E-state index < -0.39 is 11.9 Å². The highest BCUT2D eigenvalue weighted by Gasteiger charge is 2.25. The topological polar surface area (TPSA) is 85.6 Å². The highest BCUT2D eigenvalue weighted by Crippen LogP contribution is 2.33. The molecule has 0 amide bonds. The number of benzene rings is 3. The molecule has 0 saturated heterocycles. The Labute approximate surface area is 188 Å². The second-order valence-corrected chi connectivity index (χ2v) is 7.60. The van der Waals surface area contributed by atoms with E-state index in [0.717, 1.165) is 5.56 Å². The average Bonchev–Trinajstić information content (AvgIpc) is 2.80. The highest BCUT2D eigenvalue weighted by molar-refractivity contribution is 6.31. The van der Waals surface area contributed by atoms with Gasteiger partial charge in [-0.05, 0) is 46.8 Å². The lowest BCUT2D eigenvalue weighted by Gasteiger charge is -2.19. The van der Waals surface area contributed by atoms with E-state index in [0.29, 0.717) is 26.9 Å². The van der Waals surface area contributed by atoms with Gasteiger partial charge in [0.25, 0.3) is 5.56 Å². The number of halogens is 1. The smallest absolute Gasteiger partial charge is 0.355 e. The lowest BCUT2D eigenvalue weighted by molar-refractivity contribution is 0.0588. The van der Waals surface area contributed by atoms with E-state index in [-0.39, 0.29) is 23.4 Å². The van der Waals surface area contributed by atoms with E-state index in [4.69, 9.17) is 16.3 Å². The molecule has 0 aliphatic heterocycles. The van der Waals surface area contributed by atoms with Crippen molar-refractivity contribution in [1.29, 1.82) is 0 Å². The van der Waals surface area contributed by atoms with Gasteiger partial charge in [0.2, 0.25) is 0 Å². The van der Waals surface area contributed by atoms with E-state index in [1.54, 1.807) is 30.3 Å². The number of ether oxygens (including phenoxy) is 1. The van der Waals surface area contributed by atoms with Crippen molar-refractivity contribution in [2.75, 3.05) is 7.11 Å². The Morgan fingerprint density at radius 3 is 2.41 bits per heavy atom. The van der Waals surface area contributed by atoms with Crippen molar-refractivity contribution in [3.8, 4) is 11.1 Å². The van der Waals surface area contributed by atoms with Crippen molar-refractivity contribution in [1.82, 2.24) is 4.57 Å². The summed E-state index contributed by atoms with van der Waals surface area (Å²) in [7, 11) is 1.24. The van der Waals surface area contributed by atoms with Crippen LogP contribution in [0.4, 0.5) is 0 Å². The minimum Gasteiger partial charge on any atom is -0.478 e. The van der Waals surface area contributed by atoms with Gasteiger partial charge in [0.05, 0.1) is 19.2 Å². The highest BCUT2D eigenvalue weighted by atomic mass is 35.5. The zero-order chi connectivity index (χ0) is 22.8. The molecule has 160 valence electrons. The molecule has 0 aliphatic carbocycles. The molecule has 4 rings (SSSR count). The summed E-state index contributed by atoms with van der Waals surface area (Å²) in [6, 6.07) is 20.2. The fourth-order valence-electron chi connectivity index (χ4n) is 3.75. The molecule has 0 spiro atoms. The number of hydrogen-bond donors (Lipinski definition) is 1. The van der Waals surface area contributed by atoms with Gasteiger partial charge in [-0.25, -0.2) is 9.59 Å². The van der Waals surface area contributed by atoms with Crippen molar-refractivity contribution in [2.45, 2.75) is 6.54 Å². The van der Waals surface area contributed by atoms with Crippen LogP contribution in [0.15, 0.2) is 77.6 Å². The largest absolute Gasteiger partial charge is 0.478 e. The number of pyridine rings is 1. The van der Waals surface area contributed by atoms with Crippen LogP contribution in [0.25, 0.3) is 21.9 Å². The molecule has 0 fully saturated rings. The SMILES string of the molecule is COC(=O)c1c(-c2cccc(C(=O)O)c2)c2cc(Cl)ccc2c(=O)n1Cc1ccccc1. The van der Waals surface area contributed by atoms with Gasteiger partial charge in [-0.3, -0.25) is 9.36 Å². The van der Waals surface area contributed by atoms with Gasteiger partial charge in [0.1, 0.15) is 5.69 Å². The van der Waals surface area contributed by atoms with E-state index in [2.05, 4.69) is 0 Å². The summed E-state index contributed by atoms with van der Waals surface area (Å²) in [4.78, 5) is 38.0. The molecular formula is C25H18ClNO5. The number of carbonyl (C=O) groups is 2. The Balaban J connectivity index is 2.15. The molecule has 0 radical (unpaired) electrons. The molecular weight excluding hydrogens is 430 g/mol. The number of rotatable bonds is 5. The van der Waals surface area contributed by atoms with Crippen molar-refractivity contribution in [3.05, 3.63) is 105 Å². The van der Waals surface area contributed by atoms with Crippen LogP contribution in [-0.4, -0.2) is 28.7 Å². The fraction of sp³-hybridized carbons (Fsp3) is 0.0800. The van der Waals surface area contributed by atoms with E-state index in [1.165, 1.54) is 23.8 Å². The number of aromatic carboxylic acids is 1. The number of carboxylic acid groups (broad SMARTS) is 1. The first kappa shape index (κ1) is 21.3. The first-order valence-electron chi connectivity index (χ1n) is 9.72. The maximum Gasteiger partial charge on any atom is 0.355 e. The second-order valence-electron chi connectivity index (χ2n) is 7.17. The molecule has 0 aliphatic rings. The Hall–Kier alpha value is -3.90. The van der Waals surface area contributed by atoms with E-state index in [1.807, 2.05) is 30.3 Å². The van der Waals surface area contributed by atoms with Gasteiger partial charge in [-0.2, -0.15) is 0 Å². The Kier molecular flexibility index (Phi) is 5.79. The van der Waals surface area contributed by atoms with Crippen LogP contribution in [0.1, 0.15) is 26.4 Å². The first-order chi connectivity index (χ1) is 15.4. The number of aromatic nitrogens is 1. The number of hydrogen-bond acceptors (Lipinski definition) is 4. The third-order valence-corrected chi connectivity index (χ3v) is 5.43. The predicted molar refractivity (Wildman–Crippen MR) is 122 cm³/mol. The Morgan fingerprint density at radius 1 is 0.969 bits per heavy atom. The molecule has 1 heterocycles. The van der Waals surface area contributed by atoms with Crippen LogP contribution >= 0.6 is 11.6 Å². The monoisotopic (exact) mass is 447 g/mol. The van der Waals surface area contributed by atoms with Crippen LogP contribution in [-0.2, 0) is 11.3 Å². The summed E-state index contributed by atoms with van der Waals surface area (Å²) in [5.41, 5.74) is 1.36. The zero-order valence-corrected chi connectivity index (χ0v) is 17.8. The molecule has 0 bridgehead atoms. The number of carbonyl (C=O) groups excluding carboxylic acids is 1. The molecule has 32 heavy (non-hydrogen) atoms. The van der Waals surface area contributed by atoms with Gasteiger partial charge in [0, 0.05) is 16.0 Å². The number of esters is 1. The molecule has 0 saturated carbocycles. The van der Waals surface area contributed by atoms with Crippen molar-refractivity contribution in [2.24, 2.45) is 0 Å². The summed E-state index contributed by atoms with van der Waals surface area (Å²) in [6.45, 7) is 0.133. The lowest BCUT2D eigenvalue weighted by Crippen LogP contribution is -2.28. The van der Waals surface area contributed by atoms with Crippen molar-refractivity contribution < 1.29 is 19.4 Å². The number of methoxy groups -OCH3 is 1. The molecule has 0 unspecified atom stereocenters. The van der Waals surface area contributed by atoms with Crippen LogP contribution in [0.2, 0.25) is 5.02 Å². The molecule has 4 aromatic rings. The van der Waals surface area contributed by atoms with Crippen LogP contribution < -0.4 is 5.56 Å². The van der Waals surface area contributed by atoms with Crippen LogP contribution in [0.3, 0.4) is 0 Å². The predicted octanol–water partition coefficient (Wildman–Crippen LogP) is 4.86. The minimum absolute atomic E-state index is 0.0265. The summed E-state index contributed by atoms with van der Waals surface area (Å²) in [5, 5.41) is 10.6. The third kappa shape index (κ3) is 3.88. The Bertz CT molecular complexity index is 1410. The van der Waals surface area contributed by atoms with Gasteiger partial charge < -0.3 is 9.84 Å². The van der Waals surface area contributed by atoms with Crippen LogP contribution in [0.5, 0.6) is 0 Å². The fourth-order valence-corrected chi connectivity index (χ4v) is 3.92. The van der Waals surface area contributed by atoms with E-state index >= 15 is 0 Å². The van der Waals surface area contributed by atoms with Crippen molar-refractivity contribution >= 4 is 34.3 Å². The molecule has 1 aromatic heterocycles. The normalized spacial score (nSPS) is 10.8. The Morgan fingerprint density at radius 2 is 1.72 bits per heavy atom. The number of fused-ring (bicyclic) bond motifs is 1. The summed E-state index contributed by atoms with van der Waals surface area (Å²) < 4.78 is 6.40. The lowest BCUT2D eigenvalue weighted by atomic mass is 9.95. The van der Waals surface area contributed by atoms with Gasteiger partial charge in [0.15, 0.2) is 0 Å².